The second-order valence-electron chi connectivity index (χ2n) is 5.20. The zero-order valence-corrected chi connectivity index (χ0v) is 13.5. The first-order chi connectivity index (χ1) is 11.7. The second-order valence-corrected chi connectivity index (χ2v) is 5.20. The van der Waals surface area contributed by atoms with Gasteiger partial charge in [-0.3, -0.25) is 4.79 Å². The molecule has 0 radical (unpaired) electrons. The molecule has 1 aromatic carbocycles. The van der Waals surface area contributed by atoms with Gasteiger partial charge in [-0.1, -0.05) is 17.3 Å². The summed E-state index contributed by atoms with van der Waals surface area (Å²) in [5, 5.41) is 6.66. The molecule has 0 bridgehead atoms. The Labute approximate surface area is 139 Å². The van der Waals surface area contributed by atoms with Crippen LogP contribution in [0.25, 0.3) is 11.3 Å². The number of amides is 1. The summed E-state index contributed by atoms with van der Waals surface area (Å²) in [5.74, 6) is 1.78. The summed E-state index contributed by atoms with van der Waals surface area (Å²) in [6.07, 6.45) is 3.60. The molecule has 7 heteroatoms. The van der Waals surface area contributed by atoms with E-state index in [9.17, 15) is 4.79 Å². The van der Waals surface area contributed by atoms with Gasteiger partial charge in [-0.25, -0.2) is 4.98 Å². The fraction of sp³-hybridized carbons (Fsp3) is 0.235. The molecule has 0 saturated heterocycles. The van der Waals surface area contributed by atoms with Gasteiger partial charge in [0.1, 0.15) is 11.6 Å². The maximum Gasteiger partial charge on any atom is 0.273 e. The molecule has 7 nitrogen and oxygen atoms in total. The Kier molecular flexibility index (Phi) is 4.60. The zero-order chi connectivity index (χ0) is 16.9. The molecule has 2 aromatic heterocycles. The van der Waals surface area contributed by atoms with Gasteiger partial charge < -0.3 is 19.1 Å². The summed E-state index contributed by atoms with van der Waals surface area (Å²) in [6, 6.07) is 9.02. The van der Waals surface area contributed by atoms with E-state index in [1.807, 2.05) is 42.0 Å². The van der Waals surface area contributed by atoms with Crippen molar-refractivity contribution in [2.45, 2.75) is 13.5 Å². The lowest BCUT2D eigenvalue weighted by Gasteiger charge is -2.05. The van der Waals surface area contributed by atoms with Crippen LogP contribution in [0.3, 0.4) is 0 Å². The van der Waals surface area contributed by atoms with Crippen molar-refractivity contribution in [2.24, 2.45) is 0 Å². The number of aryl methyl sites for hydroxylation is 1. The number of ether oxygens (including phenoxy) is 1. The third-order valence-corrected chi connectivity index (χ3v) is 3.68. The van der Waals surface area contributed by atoms with Crippen molar-refractivity contribution in [3.8, 4) is 17.1 Å². The molecule has 1 amide bonds. The van der Waals surface area contributed by atoms with E-state index < -0.39 is 0 Å². The number of rotatable bonds is 6. The SMILES string of the molecule is COc1ccccc1-c1cc(C(=O)NCCn2ccnc2C)no1. The van der Waals surface area contributed by atoms with Crippen molar-refractivity contribution >= 4 is 5.91 Å². The average molecular weight is 326 g/mol. The van der Waals surface area contributed by atoms with Gasteiger partial charge in [0.05, 0.1) is 12.7 Å². The molecule has 0 saturated carbocycles. The number of aromatic nitrogens is 3. The van der Waals surface area contributed by atoms with Gasteiger partial charge in [0.25, 0.3) is 5.91 Å². The topological polar surface area (TPSA) is 82.2 Å². The molecule has 24 heavy (non-hydrogen) atoms. The maximum absolute atomic E-state index is 12.2. The Morgan fingerprint density at radius 1 is 1.38 bits per heavy atom. The van der Waals surface area contributed by atoms with Gasteiger partial charge >= 0.3 is 0 Å². The number of carbonyl (C=O) groups is 1. The molecule has 3 rings (SSSR count). The molecule has 0 aliphatic heterocycles. The van der Waals surface area contributed by atoms with Crippen LogP contribution in [0, 0.1) is 6.92 Å². The van der Waals surface area contributed by atoms with Crippen LogP contribution < -0.4 is 10.1 Å². The molecule has 2 heterocycles. The normalized spacial score (nSPS) is 10.6. The predicted octanol–water partition coefficient (Wildman–Crippen LogP) is 2.29. The first-order valence-corrected chi connectivity index (χ1v) is 7.55. The maximum atomic E-state index is 12.2. The number of nitrogens with one attached hydrogen (secondary N) is 1. The standard InChI is InChI=1S/C17H18N4O3/c1-12-18-7-9-21(12)10-8-19-17(22)14-11-16(24-20-14)13-5-3-4-6-15(13)23-2/h3-7,9,11H,8,10H2,1-2H3,(H,19,22). The molecule has 0 atom stereocenters. The molecule has 1 N–H and O–H groups in total. The number of hydrogen-bond acceptors (Lipinski definition) is 5. The zero-order valence-electron chi connectivity index (χ0n) is 13.5. The number of benzene rings is 1. The number of carbonyl (C=O) groups excluding carboxylic acids is 1. The van der Waals surface area contributed by atoms with E-state index in [1.54, 1.807) is 19.4 Å². The summed E-state index contributed by atoms with van der Waals surface area (Å²) in [7, 11) is 1.58. The van der Waals surface area contributed by atoms with Crippen molar-refractivity contribution in [1.82, 2.24) is 20.0 Å². The van der Waals surface area contributed by atoms with Gasteiger partial charge in [-0.15, -0.1) is 0 Å². The minimum absolute atomic E-state index is 0.234. The highest BCUT2D eigenvalue weighted by atomic mass is 16.5. The highest BCUT2D eigenvalue weighted by molar-refractivity contribution is 5.93. The van der Waals surface area contributed by atoms with Crippen LogP contribution in [0.5, 0.6) is 5.75 Å². The average Bonchev–Trinajstić information content (AvgIpc) is 3.24. The first kappa shape index (κ1) is 15.8. The lowest BCUT2D eigenvalue weighted by molar-refractivity contribution is 0.0943. The quantitative estimate of drug-likeness (QED) is 0.751. The highest BCUT2D eigenvalue weighted by Gasteiger charge is 2.15. The fourth-order valence-corrected chi connectivity index (χ4v) is 2.38. The number of para-hydroxylation sites is 1. The number of nitrogens with zero attached hydrogens (tertiary/aromatic N) is 3. The van der Waals surface area contributed by atoms with Crippen LogP contribution >= 0.6 is 0 Å². The largest absolute Gasteiger partial charge is 0.496 e. The van der Waals surface area contributed by atoms with Gasteiger partial charge in [0.15, 0.2) is 11.5 Å². The minimum Gasteiger partial charge on any atom is -0.496 e. The Morgan fingerprint density at radius 3 is 2.96 bits per heavy atom. The van der Waals surface area contributed by atoms with E-state index in [2.05, 4.69) is 15.5 Å². The highest BCUT2D eigenvalue weighted by Crippen LogP contribution is 2.29. The summed E-state index contributed by atoms with van der Waals surface area (Å²) in [5.41, 5.74) is 0.985. The van der Waals surface area contributed by atoms with E-state index >= 15 is 0 Å². The summed E-state index contributed by atoms with van der Waals surface area (Å²) < 4.78 is 12.5. The Hall–Kier alpha value is -3.09. The lowest BCUT2D eigenvalue weighted by atomic mass is 10.1. The molecule has 3 aromatic rings. The van der Waals surface area contributed by atoms with Crippen molar-refractivity contribution in [3.05, 3.63) is 54.2 Å². The molecule has 124 valence electrons. The molecule has 0 aliphatic carbocycles. The first-order valence-electron chi connectivity index (χ1n) is 7.55. The van der Waals surface area contributed by atoms with Crippen molar-refractivity contribution in [3.63, 3.8) is 0 Å². The van der Waals surface area contributed by atoms with Gasteiger partial charge in [0.2, 0.25) is 0 Å². The third-order valence-electron chi connectivity index (χ3n) is 3.68. The number of methoxy groups -OCH3 is 1. The van der Waals surface area contributed by atoms with E-state index in [-0.39, 0.29) is 11.6 Å². The predicted molar refractivity (Wildman–Crippen MR) is 87.8 cm³/mol. The van der Waals surface area contributed by atoms with Crippen LogP contribution in [0.1, 0.15) is 16.3 Å². The van der Waals surface area contributed by atoms with Gasteiger partial charge in [-0.2, -0.15) is 0 Å². The Balaban J connectivity index is 1.64. The van der Waals surface area contributed by atoms with Gasteiger partial charge in [-0.05, 0) is 19.1 Å². The molecular formula is C17H18N4O3. The van der Waals surface area contributed by atoms with Crippen LogP contribution in [0.2, 0.25) is 0 Å². The van der Waals surface area contributed by atoms with Crippen LogP contribution in [0.4, 0.5) is 0 Å². The Bertz CT molecular complexity index is 838. The smallest absolute Gasteiger partial charge is 0.273 e. The molecule has 0 unspecified atom stereocenters. The number of hydrogen-bond donors (Lipinski definition) is 1. The van der Waals surface area contributed by atoms with E-state index in [0.29, 0.717) is 24.6 Å². The van der Waals surface area contributed by atoms with Crippen molar-refractivity contribution < 1.29 is 14.1 Å². The number of imidazole rings is 1. The van der Waals surface area contributed by atoms with Crippen molar-refractivity contribution in [2.75, 3.05) is 13.7 Å². The van der Waals surface area contributed by atoms with Crippen LogP contribution in [-0.4, -0.2) is 34.3 Å². The summed E-state index contributed by atoms with van der Waals surface area (Å²) in [4.78, 5) is 16.3. The lowest BCUT2D eigenvalue weighted by Crippen LogP contribution is -2.27. The van der Waals surface area contributed by atoms with Crippen LogP contribution in [0.15, 0.2) is 47.2 Å². The van der Waals surface area contributed by atoms with Crippen LogP contribution in [-0.2, 0) is 6.54 Å². The van der Waals surface area contributed by atoms with Gasteiger partial charge in [0, 0.05) is 31.5 Å². The third kappa shape index (κ3) is 3.29. The fourth-order valence-electron chi connectivity index (χ4n) is 2.38. The van der Waals surface area contributed by atoms with E-state index in [1.165, 1.54) is 0 Å². The summed E-state index contributed by atoms with van der Waals surface area (Å²) >= 11 is 0. The minimum atomic E-state index is -0.280. The summed E-state index contributed by atoms with van der Waals surface area (Å²) in [6.45, 7) is 3.04. The molecule has 0 fully saturated rings. The molecule has 0 aliphatic rings. The Morgan fingerprint density at radius 2 is 2.21 bits per heavy atom. The monoisotopic (exact) mass is 326 g/mol. The van der Waals surface area contributed by atoms with Crippen molar-refractivity contribution in [1.29, 1.82) is 0 Å². The van der Waals surface area contributed by atoms with E-state index in [0.717, 1.165) is 11.4 Å². The molecule has 0 spiro atoms. The van der Waals surface area contributed by atoms with E-state index in [4.69, 9.17) is 9.26 Å². The second kappa shape index (κ2) is 6.99. The molecular weight excluding hydrogens is 308 g/mol.